The highest BCUT2D eigenvalue weighted by molar-refractivity contribution is 5.38. The van der Waals surface area contributed by atoms with Crippen LogP contribution >= 0.6 is 0 Å². The van der Waals surface area contributed by atoms with Crippen LogP contribution < -0.4 is 10.1 Å². The molecule has 0 aliphatic rings. The van der Waals surface area contributed by atoms with Crippen molar-refractivity contribution < 1.29 is 9.15 Å². The summed E-state index contributed by atoms with van der Waals surface area (Å²) in [5.74, 6) is 2.95. The van der Waals surface area contributed by atoms with E-state index in [4.69, 9.17) is 9.15 Å². The SMILES string of the molecule is COc1ccc(NC(C)c2ncc(C)o2)nc1. The minimum absolute atomic E-state index is 0.0235. The number of oxazole rings is 1. The Kier molecular flexibility index (Phi) is 3.27. The van der Waals surface area contributed by atoms with Crippen molar-refractivity contribution in [1.82, 2.24) is 9.97 Å². The Balaban J connectivity index is 2.04. The summed E-state index contributed by atoms with van der Waals surface area (Å²) >= 11 is 0. The number of aryl methyl sites for hydroxylation is 1. The van der Waals surface area contributed by atoms with Crippen LogP contribution in [0, 0.1) is 6.92 Å². The molecule has 5 heteroatoms. The predicted molar refractivity (Wildman–Crippen MR) is 64.1 cm³/mol. The normalized spacial score (nSPS) is 12.2. The molecule has 0 aromatic carbocycles. The number of hydrogen-bond donors (Lipinski definition) is 1. The smallest absolute Gasteiger partial charge is 0.216 e. The van der Waals surface area contributed by atoms with Gasteiger partial charge in [0.05, 0.1) is 19.5 Å². The van der Waals surface area contributed by atoms with E-state index in [0.717, 1.165) is 17.3 Å². The quantitative estimate of drug-likeness (QED) is 0.879. The number of hydrogen-bond acceptors (Lipinski definition) is 5. The van der Waals surface area contributed by atoms with Gasteiger partial charge in [-0.05, 0) is 26.0 Å². The standard InChI is InChI=1S/C12H15N3O2/c1-8-6-14-12(17-8)9(2)15-11-5-4-10(16-3)7-13-11/h4-7,9H,1-3H3,(H,13,15). The van der Waals surface area contributed by atoms with Gasteiger partial charge in [-0.15, -0.1) is 0 Å². The van der Waals surface area contributed by atoms with Gasteiger partial charge in [0.25, 0.3) is 0 Å². The van der Waals surface area contributed by atoms with Crippen LogP contribution in [0.15, 0.2) is 28.9 Å². The molecule has 5 nitrogen and oxygen atoms in total. The van der Waals surface area contributed by atoms with Gasteiger partial charge in [0.1, 0.15) is 23.4 Å². The van der Waals surface area contributed by atoms with Crippen LogP contribution in [-0.4, -0.2) is 17.1 Å². The van der Waals surface area contributed by atoms with Gasteiger partial charge in [0, 0.05) is 0 Å². The van der Waals surface area contributed by atoms with Gasteiger partial charge >= 0.3 is 0 Å². The number of aromatic nitrogens is 2. The average Bonchev–Trinajstić information content (AvgIpc) is 2.77. The number of methoxy groups -OCH3 is 1. The van der Waals surface area contributed by atoms with Crippen LogP contribution in [-0.2, 0) is 0 Å². The van der Waals surface area contributed by atoms with Crippen LogP contribution in [0.3, 0.4) is 0 Å². The lowest BCUT2D eigenvalue weighted by atomic mass is 10.3. The maximum Gasteiger partial charge on any atom is 0.216 e. The molecule has 0 saturated heterocycles. The first kappa shape index (κ1) is 11.4. The molecule has 1 unspecified atom stereocenters. The van der Waals surface area contributed by atoms with Crippen LogP contribution in [0.5, 0.6) is 5.75 Å². The first-order valence-electron chi connectivity index (χ1n) is 5.38. The Bertz CT molecular complexity index is 479. The lowest BCUT2D eigenvalue weighted by Gasteiger charge is -2.11. The van der Waals surface area contributed by atoms with E-state index < -0.39 is 0 Å². The zero-order valence-electron chi connectivity index (χ0n) is 10.1. The van der Waals surface area contributed by atoms with Gasteiger partial charge in [0.15, 0.2) is 0 Å². The fourth-order valence-corrected chi connectivity index (χ4v) is 1.44. The van der Waals surface area contributed by atoms with Crippen LogP contribution in [0.2, 0.25) is 0 Å². The molecule has 90 valence electrons. The number of ether oxygens (including phenoxy) is 1. The monoisotopic (exact) mass is 233 g/mol. The first-order valence-corrected chi connectivity index (χ1v) is 5.38. The lowest BCUT2D eigenvalue weighted by molar-refractivity contribution is 0.413. The van der Waals surface area contributed by atoms with Gasteiger partial charge in [-0.3, -0.25) is 0 Å². The maximum atomic E-state index is 5.44. The summed E-state index contributed by atoms with van der Waals surface area (Å²) in [6.07, 6.45) is 3.37. The molecule has 0 spiro atoms. The summed E-state index contributed by atoms with van der Waals surface area (Å²) in [5, 5.41) is 3.20. The van der Waals surface area contributed by atoms with E-state index in [2.05, 4.69) is 15.3 Å². The Labute approximate surface area is 99.8 Å². The van der Waals surface area contributed by atoms with E-state index in [1.807, 2.05) is 26.0 Å². The highest BCUT2D eigenvalue weighted by Gasteiger charge is 2.11. The molecule has 1 atom stereocenters. The molecule has 0 aliphatic heterocycles. The Hall–Kier alpha value is -2.04. The highest BCUT2D eigenvalue weighted by atomic mass is 16.5. The lowest BCUT2D eigenvalue weighted by Crippen LogP contribution is -2.08. The molecule has 0 bridgehead atoms. The molecule has 0 amide bonds. The van der Waals surface area contributed by atoms with E-state index >= 15 is 0 Å². The molecule has 0 aliphatic carbocycles. The van der Waals surface area contributed by atoms with Crippen molar-refractivity contribution in [3.8, 4) is 5.75 Å². The molecule has 2 heterocycles. The number of anilines is 1. The van der Waals surface area contributed by atoms with E-state index in [0.29, 0.717) is 5.89 Å². The fourth-order valence-electron chi connectivity index (χ4n) is 1.44. The molecule has 2 aromatic heterocycles. The molecule has 2 rings (SSSR count). The van der Waals surface area contributed by atoms with Gasteiger partial charge in [-0.2, -0.15) is 0 Å². The maximum absolute atomic E-state index is 5.44. The zero-order chi connectivity index (χ0) is 12.3. The van der Waals surface area contributed by atoms with E-state index in [-0.39, 0.29) is 6.04 Å². The van der Waals surface area contributed by atoms with Crippen LogP contribution in [0.25, 0.3) is 0 Å². The van der Waals surface area contributed by atoms with Gasteiger partial charge < -0.3 is 14.5 Å². The van der Waals surface area contributed by atoms with E-state index in [1.165, 1.54) is 0 Å². The van der Waals surface area contributed by atoms with E-state index in [1.54, 1.807) is 19.5 Å². The van der Waals surface area contributed by atoms with Crippen molar-refractivity contribution in [2.45, 2.75) is 19.9 Å². The second kappa shape index (κ2) is 4.86. The minimum atomic E-state index is -0.0235. The summed E-state index contributed by atoms with van der Waals surface area (Å²) in [6, 6.07) is 3.68. The topological polar surface area (TPSA) is 60.2 Å². The number of nitrogens with one attached hydrogen (secondary N) is 1. The second-order valence-corrected chi connectivity index (χ2v) is 3.76. The number of pyridine rings is 1. The second-order valence-electron chi connectivity index (χ2n) is 3.76. The predicted octanol–water partition coefficient (Wildman–Crippen LogP) is 2.56. The third kappa shape index (κ3) is 2.75. The van der Waals surface area contributed by atoms with Crippen molar-refractivity contribution in [2.24, 2.45) is 0 Å². The van der Waals surface area contributed by atoms with Gasteiger partial charge in [-0.25, -0.2) is 9.97 Å². The third-order valence-corrected chi connectivity index (χ3v) is 2.35. The molecule has 0 saturated carbocycles. The summed E-state index contributed by atoms with van der Waals surface area (Å²) in [7, 11) is 1.61. The Morgan fingerprint density at radius 1 is 1.29 bits per heavy atom. The van der Waals surface area contributed by atoms with Crippen molar-refractivity contribution >= 4 is 5.82 Å². The van der Waals surface area contributed by atoms with E-state index in [9.17, 15) is 0 Å². The van der Waals surface area contributed by atoms with Crippen LogP contribution in [0.4, 0.5) is 5.82 Å². The minimum Gasteiger partial charge on any atom is -0.495 e. The molecule has 0 radical (unpaired) electrons. The Morgan fingerprint density at radius 2 is 2.12 bits per heavy atom. The van der Waals surface area contributed by atoms with Crippen molar-refractivity contribution in [2.75, 3.05) is 12.4 Å². The molecular weight excluding hydrogens is 218 g/mol. The summed E-state index contributed by atoms with van der Waals surface area (Å²) in [4.78, 5) is 8.38. The van der Waals surface area contributed by atoms with Gasteiger partial charge in [-0.1, -0.05) is 0 Å². The largest absolute Gasteiger partial charge is 0.495 e. The summed E-state index contributed by atoms with van der Waals surface area (Å²) < 4.78 is 10.5. The number of nitrogens with zero attached hydrogens (tertiary/aromatic N) is 2. The third-order valence-electron chi connectivity index (χ3n) is 2.35. The van der Waals surface area contributed by atoms with Gasteiger partial charge in [0.2, 0.25) is 5.89 Å². The molecule has 17 heavy (non-hydrogen) atoms. The summed E-state index contributed by atoms with van der Waals surface area (Å²) in [6.45, 7) is 3.84. The molecule has 1 N–H and O–H groups in total. The highest BCUT2D eigenvalue weighted by Crippen LogP contribution is 2.18. The molecular formula is C12H15N3O2. The van der Waals surface area contributed by atoms with Crippen LogP contribution in [0.1, 0.15) is 24.6 Å². The zero-order valence-corrected chi connectivity index (χ0v) is 10.1. The Morgan fingerprint density at radius 3 is 2.65 bits per heavy atom. The summed E-state index contributed by atoms with van der Waals surface area (Å²) in [5.41, 5.74) is 0. The average molecular weight is 233 g/mol. The number of rotatable bonds is 4. The molecule has 2 aromatic rings. The first-order chi connectivity index (χ1) is 8.19. The fraction of sp³-hybridized carbons (Fsp3) is 0.333. The van der Waals surface area contributed by atoms with Crippen molar-refractivity contribution in [1.29, 1.82) is 0 Å². The van der Waals surface area contributed by atoms with Crippen molar-refractivity contribution in [3.05, 3.63) is 36.2 Å². The molecule has 0 fully saturated rings. The van der Waals surface area contributed by atoms with Crippen molar-refractivity contribution in [3.63, 3.8) is 0 Å².